The third-order valence-electron chi connectivity index (χ3n) is 3.03. The molecular formula is C15H17N3O. The average molecular weight is 255 g/mol. The first kappa shape index (κ1) is 13.1. The lowest BCUT2D eigenvalue weighted by atomic mass is 10.1. The summed E-state index contributed by atoms with van der Waals surface area (Å²) < 4.78 is 0. The number of carbonyl (C=O) groups is 1. The van der Waals surface area contributed by atoms with Crippen molar-refractivity contribution >= 4 is 17.4 Å². The molecule has 0 aliphatic rings. The fourth-order valence-corrected chi connectivity index (χ4v) is 1.78. The molecule has 0 aliphatic carbocycles. The number of aryl methyl sites for hydroxylation is 1. The third kappa shape index (κ3) is 2.91. The third-order valence-corrected chi connectivity index (χ3v) is 3.03. The van der Waals surface area contributed by atoms with Crippen LogP contribution in [-0.4, -0.2) is 17.9 Å². The van der Waals surface area contributed by atoms with Crippen LogP contribution >= 0.6 is 0 Å². The van der Waals surface area contributed by atoms with Gasteiger partial charge in [0.1, 0.15) is 5.82 Å². The number of hydrogen-bond donors (Lipinski definition) is 1. The second-order valence-electron chi connectivity index (χ2n) is 4.36. The largest absolute Gasteiger partial charge is 0.397 e. The van der Waals surface area contributed by atoms with Crippen LogP contribution in [0.5, 0.6) is 0 Å². The monoisotopic (exact) mass is 255 g/mol. The number of hydrogen-bond acceptors (Lipinski definition) is 3. The molecule has 0 bridgehead atoms. The number of rotatable bonds is 3. The van der Waals surface area contributed by atoms with Gasteiger partial charge in [0.25, 0.3) is 5.91 Å². The second kappa shape index (κ2) is 5.52. The summed E-state index contributed by atoms with van der Waals surface area (Å²) in [5, 5.41) is 0. The fourth-order valence-electron chi connectivity index (χ4n) is 1.78. The van der Waals surface area contributed by atoms with E-state index in [4.69, 9.17) is 5.73 Å². The van der Waals surface area contributed by atoms with Crippen molar-refractivity contribution in [1.29, 1.82) is 0 Å². The predicted molar refractivity (Wildman–Crippen MR) is 77.2 cm³/mol. The number of aromatic nitrogens is 1. The van der Waals surface area contributed by atoms with E-state index in [1.807, 2.05) is 24.3 Å². The van der Waals surface area contributed by atoms with Crippen molar-refractivity contribution in [3.63, 3.8) is 0 Å². The zero-order chi connectivity index (χ0) is 13.8. The Morgan fingerprint density at radius 1 is 1.21 bits per heavy atom. The van der Waals surface area contributed by atoms with Gasteiger partial charge in [-0.1, -0.05) is 19.1 Å². The maximum absolute atomic E-state index is 12.3. The number of nitrogen functional groups attached to an aromatic ring is 1. The molecule has 0 radical (unpaired) electrons. The summed E-state index contributed by atoms with van der Waals surface area (Å²) in [5.74, 6) is 0.499. The number of nitrogens with two attached hydrogens (primary N) is 1. The first-order valence-electron chi connectivity index (χ1n) is 6.20. The van der Waals surface area contributed by atoms with Crippen LogP contribution in [-0.2, 0) is 6.42 Å². The predicted octanol–water partition coefficient (Wildman–Crippen LogP) is 2.50. The van der Waals surface area contributed by atoms with Gasteiger partial charge >= 0.3 is 0 Å². The Balaban J connectivity index is 2.20. The Labute approximate surface area is 112 Å². The van der Waals surface area contributed by atoms with Crippen molar-refractivity contribution in [2.75, 3.05) is 17.7 Å². The van der Waals surface area contributed by atoms with Gasteiger partial charge in [0, 0.05) is 12.6 Å². The van der Waals surface area contributed by atoms with E-state index < -0.39 is 0 Å². The van der Waals surface area contributed by atoms with Gasteiger partial charge in [-0.2, -0.15) is 0 Å². The van der Waals surface area contributed by atoms with Crippen molar-refractivity contribution in [3.8, 4) is 0 Å². The zero-order valence-corrected chi connectivity index (χ0v) is 11.1. The lowest BCUT2D eigenvalue weighted by molar-refractivity contribution is 0.0992. The molecule has 1 aromatic carbocycles. The minimum absolute atomic E-state index is 0.0834. The number of amides is 1. The molecule has 1 amide bonds. The molecule has 0 atom stereocenters. The van der Waals surface area contributed by atoms with Crippen LogP contribution in [0, 0.1) is 0 Å². The molecule has 0 spiro atoms. The number of nitrogens with zero attached hydrogens (tertiary/aromatic N) is 2. The van der Waals surface area contributed by atoms with E-state index in [0.717, 1.165) is 6.42 Å². The van der Waals surface area contributed by atoms with Crippen molar-refractivity contribution < 1.29 is 4.79 Å². The molecule has 0 unspecified atom stereocenters. The normalized spacial score (nSPS) is 10.2. The van der Waals surface area contributed by atoms with Gasteiger partial charge < -0.3 is 5.73 Å². The summed E-state index contributed by atoms with van der Waals surface area (Å²) in [4.78, 5) is 17.9. The molecule has 0 saturated carbocycles. The Morgan fingerprint density at radius 3 is 2.42 bits per heavy atom. The van der Waals surface area contributed by atoms with Crippen LogP contribution in [0.4, 0.5) is 11.5 Å². The molecule has 1 heterocycles. The molecule has 2 N–H and O–H groups in total. The van der Waals surface area contributed by atoms with Gasteiger partial charge in [-0.15, -0.1) is 0 Å². The van der Waals surface area contributed by atoms with Gasteiger partial charge in [-0.05, 0) is 36.2 Å². The Bertz CT molecular complexity index is 561. The molecule has 1 aromatic heterocycles. The molecule has 19 heavy (non-hydrogen) atoms. The van der Waals surface area contributed by atoms with Crippen molar-refractivity contribution in [2.45, 2.75) is 13.3 Å². The van der Waals surface area contributed by atoms with Crippen LogP contribution in [0.2, 0.25) is 0 Å². The van der Waals surface area contributed by atoms with E-state index in [-0.39, 0.29) is 5.91 Å². The Kier molecular flexibility index (Phi) is 3.80. The van der Waals surface area contributed by atoms with E-state index in [9.17, 15) is 4.79 Å². The molecule has 98 valence electrons. The molecule has 4 nitrogen and oxygen atoms in total. The number of anilines is 2. The van der Waals surface area contributed by atoms with E-state index in [1.54, 1.807) is 25.4 Å². The standard InChI is InChI=1S/C15H17N3O/c1-3-11-4-6-12(7-5-11)15(19)18(2)14-9-8-13(16)10-17-14/h4-10H,3,16H2,1-2H3. The molecule has 2 aromatic rings. The summed E-state index contributed by atoms with van der Waals surface area (Å²) in [6, 6.07) is 11.1. The number of carbonyl (C=O) groups excluding carboxylic acids is 1. The summed E-state index contributed by atoms with van der Waals surface area (Å²) in [6.07, 6.45) is 2.50. The average Bonchev–Trinajstić information content (AvgIpc) is 2.46. The molecule has 0 fully saturated rings. The Hall–Kier alpha value is -2.36. The first-order chi connectivity index (χ1) is 9.11. The maximum atomic E-state index is 12.3. The van der Waals surface area contributed by atoms with E-state index >= 15 is 0 Å². The topological polar surface area (TPSA) is 59.2 Å². The summed E-state index contributed by atoms with van der Waals surface area (Å²) in [5.41, 5.74) is 8.02. The summed E-state index contributed by atoms with van der Waals surface area (Å²) >= 11 is 0. The highest BCUT2D eigenvalue weighted by Crippen LogP contribution is 2.14. The van der Waals surface area contributed by atoms with Gasteiger partial charge in [-0.25, -0.2) is 4.98 Å². The van der Waals surface area contributed by atoms with Gasteiger partial charge in [0.05, 0.1) is 11.9 Å². The van der Waals surface area contributed by atoms with Crippen molar-refractivity contribution in [2.24, 2.45) is 0 Å². The van der Waals surface area contributed by atoms with Crippen LogP contribution in [0.3, 0.4) is 0 Å². The van der Waals surface area contributed by atoms with Crippen LogP contribution < -0.4 is 10.6 Å². The van der Waals surface area contributed by atoms with Gasteiger partial charge in [0.15, 0.2) is 0 Å². The first-order valence-corrected chi connectivity index (χ1v) is 6.20. The molecule has 4 heteroatoms. The highest BCUT2D eigenvalue weighted by molar-refractivity contribution is 6.05. The summed E-state index contributed by atoms with van der Waals surface area (Å²) in [7, 11) is 1.70. The minimum Gasteiger partial charge on any atom is -0.397 e. The van der Waals surface area contributed by atoms with E-state index in [1.165, 1.54) is 10.5 Å². The Morgan fingerprint density at radius 2 is 1.89 bits per heavy atom. The van der Waals surface area contributed by atoms with Gasteiger partial charge in [-0.3, -0.25) is 9.69 Å². The quantitative estimate of drug-likeness (QED) is 0.916. The van der Waals surface area contributed by atoms with Crippen LogP contribution in [0.15, 0.2) is 42.6 Å². The lowest BCUT2D eigenvalue weighted by Gasteiger charge is -2.16. The number of pyridine rings is 1. The maximum Gasteiger partial charge on any atom is 0.259 e. The smallest absolute Gasteiger partial charge is 0.259 e. The SMILES string of the molecule is CCc1ccc(C(=O)N(C)c2ccc(N)cn2)cc1. The zero-order valence-electron chi connectivity index (χ0n) is 11.1. The van der Waals surface area contributed by atoms with E-state index in [2.05, 4.69) is 11.9 Å². The van der Waals surface area contributed by atoms with Crippen LogP contribution in [0.1, 0.15) is 22.8 Å². The molecule has 0 saturated heterocycles. The summed E-state index contributed by atoms with van der Waals surface area (Å²) in [6.45, 7) is 2.08. The molecular weight excluding hydrogens is 238 g/mol. The minimum atomic E-state index is -0.0834. The second-order valence-corrected chi connectivity index (χ2v) is 4.36. The lowest BCUT2D eigenvalue weighted by Crippen LogP contribution is -2.27. The van der Waals surface area contributed by atoms with Crippen molar-refractivity contribution in [3.05, 3.63) is 53.7 Å². The molecule has 2 rings (SSSR count). The number of benzene rings is 1. The highest BCUT2D eigenvalue weighted by atomic mass is 16.2. The highest BCUT2D eigenvalue weighted by Gasteiger charge is 2.14. The van der Waals surface area contributed by atoms with Crippen LogP contribution in [0.25, 0.3) is 0 Å². The fraction of sp³-hybridized carbons (Fsp3) is 0.200. The van der Waals surface area contributed by atoms with E-state index in [0.29, 0.717) is 17.1 Å². The van der Waals surface area contributed by atoms with Crippen molar-refractivity contribution in [1.82, 2.24) is 4.98 Å². The molecule has 0 aliphatic heterocycles. The van der Waals surface area contributed by atoms with Gasteiger partial charge in [0.2, 0.25) is 0 Å².